The van der Waals surface area contributed by atoms with E-state index in [1.807, 2.05) is 0 Å². The first-order chi connectivity index (χ1) is 9.38. The number of carbonyl (C=O) groups is 1. The van der Waals surface area contributed by atoms with Crippen LogP contribution in [0, 0.1) is 6.92 Å². The van der Waals surface area contributed by atoms with Crippen LogP contribution in [-0.2, 0) is 19.5 Å². The van der Waals surface area contributed by atoms with E-state index in [9.17, 15) is 13.2 Å². The van der Waals surface area contributed by atoms with E-state index in [2.05, 4.69) is 6.92 Å². The summed E-state index contributed by atoms with van der Waals surface area (Å²) >= 11 is 0.917. The molecule has 0 aliphatic heterocycles. The molecule has 0 aliphatic carbocycles. The van der Waals surface area contributed by atoms with Crippen molar-refractivity contribution in [3.63, 3.8) is 0 Å². The summed E-state index contributed by atoms with van der Waals surface area (Å²) < 4.78 is 32.8. The Morgan fingerprint density at radius 2 is 2.05 bits per heavy atom. The predicted molar refractivity (Wildman–Crippen MR) is 76.4 cm³/mol. The van der Waals surface area contributed by atoms with E-state index in [-0.39, 0.29) is 16.4 Å². The number of unbranched alkanes of at least 4 members (excludes halogenated alkanes) is 1. The Kier molecular flexibility index (Phi) is 6.60. The van der Waals surface area contributed by atoms with E-state index in [1.54, 1.807) is 0 Å². The molecule has 1 heterocycles. The lowest BCUT2D eigenvalue weighted by molar-refractivity contribution is 0.0313. The van der Waals surface area contributed by atoms with Crippen LogP contribution in [0.25, 0.3) is 0 Å². The van der Waals surface area contributed by atoms with E-state index in [1.165, 1.54) is 12.3 Å². The Hall–Kier alpha value is -0.960. The van der Waals surface area contributed by atoms with Crippen LogP contribution in [0.4, 0.5) is 0 Å². The molecule has 0 unspecified atom stereocenters. The molecule has 1 aromatic heterocycles. The second-order valence-electron chi connectivity index (χ2n) is 4.21. The maximum absolute atomic E-state index is 11.8. The van der Waals surface area contributed by atoms with Crippen LogP contribution in [0.15, 0.2) is 9.59 Å². The molecule has 0 saturated carbocycles. The summed E-state index contributed by atoms with van der Waals surface area (Å²) in [7, 11) is -3.80. The zero-order valence-electron chi connectivity index (χ0n) is 11.5. The fourth-order valence-electron chi connectivity index (χ4n) is 1.50. The van der Waals surface area contributed by atoms with Gasteiger partial charge in [0.05, 0.1) is 12.2 Å². The van der Waals surface area contributed by atoms with Crippen LogP contribution in [0.1, 0.15) is 35.7 Å². The van der Waals surface area contributed by atoms with Crippen molar-refractivity contribution in [1.82, 2.24) is 0 Å². The van der Waals surface area contributed by atoms with E-state index in [0.29, 0.717) is 18.8 Å². The average molecular weight is 321 g/mol. The second-order valence-corrected chi connectivity index (χ2v) is 6.85. The number of hydrogen-bond donors (Lipinski definition) is 1. The molecule has 1 rings (SSSR count). The van der Waals surface area contributed by atoms with E-state index in [0.717, 1.165) is 24.2 Å². The third-order valence-corrected chi connectivity index (χ3v) is 5.26. The van der Waals surface area contributed by atoms with Gasteiger partial charge in [0.15, 0.2) is 0 Å². The normalized spacial score (nSPS) is 11.6. The molecule has 8 heteroatoms. The van der Waals surface area contributed by atoms with Crippen molar-refractivity contribution in [1.29, 1.82) is 0 Å². The van der Waals surface area contributed by atoms with Gasteiger partial charge < -0.3 is 9.47 Å². The maximum atomic E-state index is 11.8. The topological polar surface area (TPSA) is 95.7 Å². The first-order valence-corrected chi connectivity index (χ1v) is 8.66. The smallest absolute Gasteiger partial charge is 0.339 e. The number of ether oxygens (including phenoxy) is 2. The molecule has 114 valence electrons. The van der Waals surface area contributed by atoms with Crippen LogP contribution in [0.3, 0.4) is 0 Å². The minimum absolute atomic E-state index is 0.0105. The molecular formula is C12H19NO5S2. The van der Waals surface area contributed by atoms with Gasteiger partial charge in [-0.3, -0.25) is 0 Å². The monoisotopic (exact) mass is 321 g/mol. The third kappa shape index (κ3) is 4.86. The van der Waals surface area contributed by atoms with Crippen molar-refractivity contribution < 1.29 is 22.7 Å². The molecule has 0 saturated heterocycles. The molecule has 0 radical (unpaired) electrons. The summed E-state index contributed by atoms with van der Waals surface area (Å²) in [6, 6.07) is 0. The van der Waals surface area contributed by atoms with Crippen molar-refractivity contribution in [3.8, 4) is 0 Å². The summed E-state index contributed by atoms with van der Waals surface area (Å²) in [6.45, 7) is 4.71. The number of sulfonamides is 1. The molecule has 6 nitrogen and oxygen atoms in total. The lowest BCUT2D eigenvalue weighted by atomic mass is 10.2. The second kappa shape index (κ2) is 7.72. The van der Waals surface area contributed by atoms with Gasteiger partial charge in [-0.15, -0.1) is 11.3 Å². The molecule has 0 bridgehead atoms. The van der Waals surface area contributed by atoms with Crippen molar-refractivity contribution in [2.45, 2.75) is 30.9 Å². The molecule has 20 heavy (non-hydrogen) atoms. The minimum atomic E-state index is -3.80. The first-order valence-electron chi connectivity index (χ1n) is 6.23. The van der Waals surface area contributed by atoms with Gasteiger partial charge in [0.25, 0.3) is 0 Å². The SMILES string of the molecule is CCCCOCCOC(=O)c1csc(S(N)(=O)=O)c1C. The van der Waals surface area contributed by atoms with Crippen LogP contribution in [-0.4, -0.2) is 34.2 Å². The predicted octanol–water partition coefficient (Wildman–Crippen LogP) is 1.68. The Morgan fingerprint density at radius 1 is 1.35 bits per heavy atom. The maximum Gasteiger partial charge on any atom is 0.339 e. The van der Waals surface area contributed by atoms with E-state index < -0.39 is 16.0 Å². The number of nitrogens with two attached hydrogens (primary N) is 1. The Balaban J connectivity index is 2.51. The van der Waals surface area contributed by atoms with Gasteiger partial charge in [-0.2, -0.15) is 0 Å². The zero-order chi connectivity index (χ0) is 15.2. The highest BCUT2D eigenvalue weighted by Gasteiger charge is 2.21. The molecule has 1 aromatic rings. The van der Waals surface area contributed by atoms with E-state index >= 15 is 0 Å². The zero-order valence-corrected chi connectivity index (χ0v) is 13.2. The number of hydrogen-bond acceptors (Lipinski definition) is 6. The van der Waals surface area contributed by atoms with Gasteiger partial charge >= 0.3 is 5.97 Å². The fraction of sp³-hybridized carbons (Fsp3) is 0.583. The van der Waals surface area contributed by atoms with Gasteiger partial charge in [-0.05, 0) is 18.9 Å². The summed E-state index contributed by atoms with van der Waals surface area (Å²) in [4.78, 5) is 11.8. The fourth-order valence-corrected chi connectivity index (χ4v) is 3.50. The molecule has 2 N–H and O–H groups in total. The molecule has 0 spiro atoms. The quantitative estimate of drug-likeness (QED) is 0.580. The lowest BCUT2D eigenvalue weighted by Crippen LogP contribution is -2.14. The van der Waals surface area contributed by atoms with Gasteiger partial charge in [-0.1, -0.05) is 13.3 Å². The molecule has 0 aromatic carbocycles. The Morgan fingerprint density at radius 3 is 2.60 bits per heavy atom. The van der Waals surface area contributed by atoms with E-state index in [4.69, 9.17) is 14.6 Å². The molecular weight excluding hydrogens is 302 g/mol. The number of thiophene rings is 1. The highest BCUT2D eigenvalue weighted by molar-refractivity contribution is 7.91. The van der Waals surface area contributed by atoms with Gasteiger partial charge in [0.1, 0.15) is 10.8 Å². The van der Waals surface area contributed by atoms with Gasteiger partial charge in [-0.25, -0.2) is 18.4 Å². The number of primary sulfonamides is 1. The van der Waals surface area contributed by atoms with Crippen molar-refractivity contribution in [2.75, 3.05) is 19.8 Å². The third-order valence-electron chi connectivity index (χ3n) is 2.58. The highest BCUT2D eigenvalue weighted by atomic mass is 32.2. The minimum Gasteiger partial charge on any atom is -0.460 e. The summed E-state index contributed by atoms with van der Waals surface area (Å²) in [5, 5.41) is 6.49. The number of esters is 1. The summed E-state index contributed by atoms with van der Waals surface area (Å²) in [5.74, 6) is -0.562. The van der Waals surface area contributed by atoms with Gasteiger partial charge in [0, 0.05) is 12.0 Å². The van der Waals surface area contributed by atoms with Crippen molar-refractivity contribution >= 4 is 27.3 Å². The Bertz CT molecular complexity index is 550. The molecule has 0 fully saturated rings. The van der Waals surface area contributed by atoms with Crippen molar-refractivity contribution in [2.24, 2.45) is 5.14 Å². The Labute approximate surface area is 122 Å². The van der Waals surface area contributed by atoms with Crippen LogP contribution in [0.2, 0.25) is 0 Å². The van der Waals surface area contributed by atoms with Gasteiger partial charge in [0.2, 0.25) is 10.0 Å². The summed E-state index contributed by atoms with van der Waals surface area (Å²) in [6.07, 6.45) is 2.01. The standard InChI is InChI=1S/C12H19NO5S2/c1-3-4-5-17-6-7-18-11(14)10-8-19-12(9(10)2)20(13,15)16/h8H,3-7H2,1-2H3,(H2,13,15,16). The number of rotatable bonds is 8. The van der Waals surface area contributed by atoms with Crippen molar-refractivity contribution in [3.05, 3.63) is 16.5 Å². The van der Waals surface area contributed by atoms with Crippen LogP contribution in [0.5, 0.6) is 0 Å². The van der Waals surface area contributed by atoms with Crippen LogP contribution >= 0.6 is 11.3 Å². The highest BCUT2D eigenvalue weighted by Crippen LogP contribution is 2.25. The summed E-state index contributed by atoms with van der Waals surface area (Å²) in [5.41, 5.74) is 0.557. The number of carbonyl (C=O) groups excluding carboxylic acids is 1. The molecule has 0 aliphatic rings. The largest absolute Gasteiger partial charge is 0.460 e. The lowest BCUT2D eigenvalue weighted by Gasteiger charge is -2.05. The molecule has 0 atom stereocenters. The molecule has 0 amide bonds. The van der Waals surface area contributed by atoms with Crippen LogP contribution < -0.4 is 5.14 Å². The first kappa shape index (κ1) is 17.1. The average Bonchev–Trinajstić information content (AvgIpc) is 2.75.